The zero-order valence-corrected chi connectivity index (χ0v) is 18.2. The van der Waals surface area contributed by atoms with Crippen molar-refractivity contribution in [3.05, 3.63) is 29.8 Å². The van der Waals surface area contributed by atoms with Crippen molar-refractivity contribution in [1.82, 2.24) is 5.32 Å². The fraction of sp³-hybridized carbons (Fsp3) is 0.609. The topological polar surface area (TPSA) is 112 Å². The number of hydrogen-bond donors (Lipinski definition) is 2. The first-order chi connectivity index (χ1) is 15.5. The minimum atomic E-state index is -0.668. The molecule has 1 aromatic carbocycles. The van der Waals surface area contributed by atoms with Crippen LogP contribution >= 0.6 is 0 Å². The number of rotatable bonds is 6. The van der Waals surface area contributed by atoms with E-state index in [0.717, 1.165) is 25.7 Å². The summed E-state index contributed by atoms with van der Waals surface area (Å²) in [5.41, 5.74) is 0.755. The Morgan fingerprint density at radius 2 is 1.84 bits per heavy atom. The molecule has 3 aliphatic rings. The van der Waals surface area contributed by atoms with Crippen molar-refractivity contribution in [3.63, 3.8) is 0 Å². The average molecular weight is 447 g/mol. The number of esters is 1. The van der Waals surface area contributed by atoms with Gasteiger partial charge in [0.15, 0.2) is 6.10 Å². The molecule has 1 aliphatic carbocycles. The molecule has 2 heterocycles. The van der Waals surface area contributed by atoms with Gasteiger partial charge in [-0.15, -0.1) is 0 Å². The predicted octanol–water partition coefficient (Wildman–Crippen LogP) is 2.64. The molecule has 2 aliphatic heterocycles. The molecule has 0 aromatic heterocycles. The van der Waals surface area contributed by atoms with Crippen LogP contribution in [0.1, 0.15) is 49.4 Å². The van der Waals surface area contributed by atoms with Gasteiger partial charge >= 0.3 is 12.1 Å². The molecule has 9 nitrogen and oxygen atoms in total. The highest BCUT2D eigenvalue weighted by Crippen LogP contribution is 2.30. The molecule has 2 amide bonds. The molecule has 9 heteroatoms. The van der Waals surface area contributed by atoms with E-state index in [1.807, 2.05) is 0 Å². The van der Waals surface area contributed by atoms with Crippen LogP contribution in [-0.4, -0.2) is 62.1 Å². The third-order valence-corrected chi connectivity index (χ3v) is 6.19. The molecule has 4 unspecified atom stereocenters. The molecule has 3 fully saturated rings. The van der Waals surface area contributed by atoms with Gasteiger partial charge in [0, 0.05) is 11.6 Å². The van der Waals surface area contributed by atoms with E-state index in [1.165, 1.54) is 12.5 Å². The maximum atomic E-state index is 12.6. The van der Waals surface area contributed by atoms with E-state index >= 15 is 0 Å². The minimum absolute atomic E-state index is 0.0612. The Labute approximate surface area is 187 Å². The average Bonchev–Trinajstić information content (AvgIpc) is 3.38. The molecule has 1 saturated carbocycles. The Morgan fingerprint density at radius 3 is 2.62 bits per heavy atom. The SMILES string of the molecule is CCOC(=O)c1cccc(NC(=O)OC2COC3C(NC(=O)C4CCCCC4)COC23)c1. The molecule has 0 radical (unpaired) electrons. The van der Waals surface area contributed by atoms with Gasteiger partial charge < -0.3 is 24.3 Å². The fourth-order valence-electron chi connectivity index (χ4n) is 4.58. The summed E-state index contributed by atoms with van der Waals surface area (Å²) in [4.78, 5) is 36.8. The van der Waals surface area contributed by atoms with Gasteiger partial charge in [-0.2, -0.15) is 0 Å². The Bertz CT molecular complexity index is 839. The van der Waals surface area contributed by atoms with E-state index in [9.17, 15) is 14.4 Å². The Balaban J connectivity index is 1.28. The number of ether oxygens (including phenoxy) is 4. The maximum absolute atomic E-state index is 12.6. The lowest BCUT2D eigenvalue weighted by atomic mass is 9.88. The van der Waals surface area contributed by atoms with Crippen LogP contribution in [0.25, 0.3) is 0 Å². The van der Waals surface area contributed by atoms with E-state index < -0.39 is 24.3 Å². The van der Waals surface area contributed by atoms with Gasteiger partial charge in [-0.05, 0) is 38.0 Å². The Kier molecular flexibility index (Phi) is 7.26. The molecule has 32 heavy (non-hydrogen) atoms. The van der Waals surface area contributed by atoms with E-state index in [2.05, 4.69) is 10.6 Å². The molecular weight excluding hydrogens is 416 g/mol. The number of amides is 2. The molecule has 0 bridgehead atoms. The van der Waals surface area contributed by atoms with Crippen molar-refractivity contribution in [1.29, 1.82) is 0 Å². The summed E-state index contributed by atoms with van der Waals surface area (Å²) < 4.78 is 22.1. The lowest BCUT2D eigenvalue weighted by molar-refractivity contribution is -0.127. The van der Waals surface area contributed by atoms with E-state index in [-0.39, 0.29) is 37.2 Å². The summed E-state index contributed by atoms with van der Waals surface area (Å²) in [5, 5.41) is 5.69. The maximum Gasteiger partial charge on any atom is 0.412 e. The van der Waals surface area contributed by atoms with Crippen LogP contribution < -0.4 is 10.6 Å². The quantitative estimate of drug-likeness (QED) is 0.646. The normalized spacial score (nSPS) is 27.4. The lowest BCUT2D eigenvalue weighted by Crippen LogP contribution is -2.46. The van der Waals surface area contributed by atoms with Crippen LogP contribution in [0.3, 0.4) is 0 Å². The smallest absolute Gasteiger partial charge is 0.412 e. The number of carbonyl (C=O) groups excluding carboxylic acids is 3. The predicted molar refractivity (Wildman–Crippen MR) is 114 cm³/mol. The highest BCUT2D eigenvalue weighted by atomic mass is 16.6. The molecule has 1 aromatic rings. The van der Waals surface area contributed by atoms with Gasteiger partial charge in [0.25, 0.3) is 0 Å². The monoisotopic (exact) mass is 446 g/mol. The molecule has 4 rings (SSSR count). The molecule has 174 valence electrons. The number of nitrogens with one attached hydrogen (secondary N) is 2. The molecule has 2 saturated heterocycles. The first-order valence-corrected chi connectivity index (χ1v) is 11.3. The van der Waals surface area contributed by atoms with Gasteiger partial charge in [0.1, 0.15) is 12.2 Å². The van der Waals surface area contributed by atoms with Crippen molar-refractivity contribution in [2.45, 2.75) is 63.4 Å². The van der Waals surface area contributed by atoms with Crippen molar-refractivity contribution in [3.8, 4) is 0 Å². The standard InChI is InChI=1S/C23H30N2O7/c1-2-29-22(27)15-9-6-10-16(11-15)24-23(28)32-18-13-31-19-17(12-30-20(18)19)25-21(26)14-7-4-3-5-8-14/h6,9-11,14,17-20H,2-5,7-8,12-13H2,1H3,(H,24,28)(H,25,26). The van der Waals surface area contributed by atoms with Crippen molar-refractivity contribution < 1.29 is 33.3 Å². The number of benzene rings is 1. The summed E-state index contributed by atoms with van der Waals surface area (Å²) in [5.74, 6) is -0.337. The van der Waals surface area contributed by atoms with Gasteiger partial charge in [0.05, 0.1) is 31.4 Å². The highest BCUT2D eigenvalue weighted by Gasteiger charge is 2.50. The molecule has 2 N–H and O–H groups in total. The third kappa shape index (κ3) is 5.21. The van der Waals surface area contributed by atoms with Crippen molar-refractivity contribution >= 4 is 23.7 Å². The minimum Gasteiger partial charge on any atom is -0.462 e. The largest absolute Gasteiger partial charge is 0.462 e. The Morgan fingerprint density at radius 1 is 1.06 bits per heavy atom. The number of fused-ring (bicyclic) bond motifs is 1. The van der Waals surface area contributed by atoms with Crippen LogP contribution in [0.15, 0.2) is 24.3 Å². The second kappa shape index (κ2) is 10.3. The summed E-state index contributed by atoms with van der Waals surface area (Å²) in [7, 11) is 0. The molecular formula is C23H30N2O7. The summed E-state index contributed by atoms with van der Waals surface area (Å²) in [6.07, 6.45) is 3.22. The van der Waals surface area contributed by atoms with Crippen LogP contribution in [0.2, 0.25) is 0 Å². The van der Waals surface area contributed by atoms with Crippen LogP contribution in [-0.2, 0) is 23.7 Å². The molecule has 0 spiro atoms. The zero-order chi connectivity index (χ0) is 22.5. The van der Waals surface area contributed by atoms with Crippen molar-refractivity contribution in [2.75, 3.05) is 25.1 Å². The summed E-state index contributed by atoms with van der Waals surface area (Å²) in [6.45, 7) is 2.52. The Hall–Kier alpha value is -2.65. The van der Waals surface area contributed by atoms with Crippen molar-refractivity contribution in [2.24, 2.45) is 5.92 Å². The van der Waals surface area contributed by atoms with Gasteiger partial charge in [-0.3, -0.25) is 10.1 Å². The van der Waals surface area contributed by atoms with E-state index in [4.69, 9.17) is 18.9 Å². The van der Waals surface area contributed by atoms with E-state index in [0.29, 0.717) is 17.9 Å². The lowest BCUT2D eigenvalue weighted by Gasteiger charge is -2.24. The first-order valence-electron chi connectivity index (χ1n) is 11.3. The third-order valence-electron chi connectivity index (χ3n) is 6.19. The fourth-order valence-corrected chi connectivity index (χ4v) is 4.58. The van der Waals surface area contributed by atoms with E-state index in [1.54, 1.807) is 25.1 Å². The van der Waals surface area contributed by atoms with Gasteiger partial charge in [0.2, 0.25) is 5.91 Å². The zero-order valence-electron chi connectivity index (χ0n) is 18.2. The number of anilines is 1. The highest BCUT2D eigenvalue weighted by molar-refractivity contribution is 5.92. The van der Waals surface area contributed by atoms with Gasteiger partial charge in [-0.1, -0.05) is 25.3 Å². The second-order valence-corrected chi connectivity index (χ2v) is 8.42. The molecule has 4 atom stereocenters. The second-order valence-electron chi connectivity index (χ2n) is 8.42. The summed E-state index contributed by atoms with van der Waals surface area (Å²) in [6, 6.07) is 6.19. The van der Waals surface area contributed by atoms with Crippen LogP contribution in [0.4, 0.5) is 10.5 Å². The number of carbonyl (C=O) groups is 3. The van der Waals surface area contributed by atoms with Crippen LogP contribution in [0.5, 0.6) is 0 Å². The summed E-state index contributed by atoms with van der Waals surface area (Å²) >= 11 is 0. The van der Waals surface area contributed by atoms with Gasteiger partial charge in [-0.25, -0.2) is 9.59 Å². The number of hydrogen-bond acceptors (Lipinski definition) is 7. The first kappa shape index (κ1) is 22.5. The van der Waals surface area contributed by atoms with Crippen LogP contribution in [0, 0.1) is 5.92 Å².